The number of rotatable bonds is 3. The van der Waals surface area contributed by atoms with Crippen LogP contribution in [0.5, 0.6) is 0 Å². The first-order valence-electron chi connectivity index (χ1n) is 11.5. The third kappa shape index (κ3) is 4.18. The molecular formula is C25H27N5O3. The molecule has 0 N–H and O–H groups in total. The molecule has 2 amide bonds. The Morgan fingerprint density at radius 3 is 2.64 bits per heavy atom. The van der Waals surface area contributed by atoms with Crippen LogP contribution in [-0.4, -0.2) is 69.4 Å². The molecule has 0 radical (unpaired) electrons. The van der Waals surface area contributed by atoms with E-state index in [2.05, 4.69) is 9.97 Å². The van der Waals surface area contributed by atoms with Gasteiger partial charge in [0.25, 0.3) is 11.8 Å². The number of piperidine rings is 1. The molecule has 0 bridgehead atoms. The van der Waals surface area contributed by atoms with Gasteiger partial charge in [0.2, 0.25) is 0 Å². The van der Waals surface area contributed by atoms with Gasteiger partial charge in [-0.2, -0.15) is 0 Å². The maximum atomic E-state index is 13.6. The van der Waals surface area contributed by atoms with Crippen LogP contribution in [0.2, 0.25) is 0 Å². The van der Waals surface area contributed by atoms with Crippen molar-refractivity contribution < 1.29 is 14.3 Å². The highest BCUT2D eigenvalue weighted by Gasteiger charge is 2.32. The quantitative estimate of drug-likeness (QED) is 0.615. The van der Waals surface area contributed by atoms with Crippen LogP contribution < -0.4 is 0 Å². The number of hydrogen-bond acceptors (Lipinski definition) is 6. The number of hydrogen-bond donors (Lipinski definition) is 0. The van der Waals surface area contributed by atoms with E-state index in [1.165, 1.54) is 0 Å². The van der Waals surface area contributed by atoms with Crippen molar-refractivity contribution in [3.63, 3.8) is 0 Å². The molecule has 2 aromatic heterocycles. The van der Waals surface area contributed by atoms with Crippen molar-refractivity contribution in [2.45, 2.75) is 32.2 Å². The molecule has 1 aromatic carbocycles. The first-order chi connectivity index (χ1) is 16.1. The summed E-state index contributed by atoms with van der Waals surface area (Å²) in [6.07, 6.45) is 6.09. The zero-order valence-electron chi connectivity index (χ0n) is 18.7. The lowest BCUT2D eigenvalue weighted by Crippen LogP contribution is -2.41. The third-order valence-corrected chi connectivity index (χ3v) is 6.46. The maximum Gasteiger partial charge on any atom is 0.257 e. The average Bonchev–Trinajstić information content (AvgIpc) is 2.88. The zero-order valence-corrected chi connectivity index (χ0v) is 18.7. The summed E-state index contributed by atoms with van der Waals surface area (Å²) >= 11 is 0. The van der Waals surface area contributed by atoms with Crippen LogP contribution >= 0.6 is 0 Å². The predicted octanol–water partition coefficient (Wildman–Crippen LogP) is 3.17. The Balaban J connectivity index is 1.43. The standard InChI is InChI=1S/C25H27N5O3/c1-17-20(24(31)29-12-14-33-15-13-29)16-27-23(28-17)22-9-2-3-11-30(22)25(32)19-6-4-8-21-18(19)7-5-10-26-21/h4-8,10,16,22H,2-3,9,11-15H2,1H3. The predicted molar refractivity (Wildman–Crippen MR) is 123 cm³/mol. The largest absolute Gasteiger partial charge is 0.378 e. The lowest BCUT2D eigenvalue weighted by Gasteiger charge is -2.35. The molecule has 2 fully saturated rings. The highest BCUT2D eigenvalue weighted by molar-refractivity contribution is 6.06. The number of amides is 2. The molecule has 0 aliphatic carbocycles. The lowest BCUT2D eigenvalue weighted by atomic mass is 9.98. The fraction of sp³-hybridized carbons (Fsp3) is 0.400. The van der Waals surface area contributed by atoms with Crippen LogP contribution in [0, 0.1) is 6.92 Å². The van der Waals surface area contributed by atoms with E-state index in [0.717, 1.165) is 30.2 Å². The van der Waals surface area contributed by atoms with E-state index in [-0.39, 0.29) is 17.9 Å². The van der Waals surface area contributed by atoms with E-state index in [1.54, 1.807) is 17.3 Å². The summed E-state index contributed by atoms with van der Waals surface area (Å²) in [6, 6.07) is 9.20. The van der Waals surface area contributed by atoms with Gasteiger partial charge in [0, 0.05) is 43.0 Å². The van der Waals surface area contributed by atoms with E-state index in [9.17, 15) is 9.59 Å². The number of pyridine rings is 1. The monoisotopic (exact) mass is 445 g/mol. The molecule has 1 unspecified atom stereocenters. The zero-order chi connectivity index (χ0) is 22.8. The van der Waals surface area contributed by atoms with Crippen molar-refractivity contribution >= 4 is 22.7 Å². The molecule has 0 spiro atoms. The Labute approximate surface area is 192 Å². The summed E-state index contributed by atoms with van der Waals surface area (Å²) < 4.78 is 5.35. The topological polar surface area (TPSA) is 88.5 Å². The van der Waals surface area contributed by atoms with Gasteiger partial charge in [-0.05, 0) is 44.4 Å². The van der Waals surface area contributed by atoms with Crippen LogP contribution in [0.15, 0.2) is 42.7 Å². The van der Waals surface area contributed by atoms with Crippen LogP contribution in [0.25, 0.3) is 10.9 Å². The first kappa shape index (κ1) is 21.5. The van der Waals surface area contributed by atoms with Gasteiger partial charge in [-0.1, -0.05) is 12.1 Å². The smallest absolute Gasteiger partial charge is 0.257 e. The second-order valence-corrected chi connectivity index (χ2v) is 8.52. The second-order valence-electron chi connectivity index (χ2n) is 8.52. The van der Waals surface area contributed by atoms with E-state index in [0.29, 0.717) is 55.5 Å². The number of likely N-dealkylation sites (tertiary alicyclic amines) is 1. The minimum Gasteiger partial charge on any atom is -0.378 e. The van der Waals surface area contributed by atoms with Gasteiger partial charge in [0.15, 0.2) is 5.82 Å². The Morgan fingerprint density at radius 2 is 1.82 bits per heavy atom. The number of fused-ring (bicyclic) bond motifs is 1. The molecule has 0 saturated carbocycles. The molecule has 5 rings (SSSR count). The minimum atomic E-state index is -0.218. The van der Waals surface area contributed by atoms with Gasteiger partial charge < -0.3 is 14.5 Å². The Morgan fingerprint density at radius 1 is 0.970 bits per heavy atom. The van der Waals surface area contributed by atoms with Crippen LogP contribution in [0.3, 0.4) is 0 Å². The molecule has 2 saturated heterocycles. The van der Waals surface area contributed by atoms with Crippen molar-refractivity contribution in [3.8, 4) is 0 Å². The number of aryl methyl sites for hydroxylation is 1. The minimum absolute atomic E-state index is 0.0342. The molecular weight excluding hydrogens is 418 g/mol. The van der Waals surface area contributed by atoms with Crippen molar-refractivity contribution in [2.24, 2.45) is 0 Å². The van der Waals surface area contributed by atoms with E-state index in [1.807, 2.05) is 42.2 Å². The van der Waals surface area contributed by atoms with Crippen molar-refractivity contribution in [1.82, 2.24) is 24.8 Å². The highest BCUT2D eigenvalue weighted by atomic mass is 16.5. The number of ether oxygens (including phenoxy) is 1. The normalized spacial score (nSPS) is 19.0. The maximum absolute atomic E-state index is 13.6. The van der Waals surface area contributed by atoms with Crippen molar-refractivity contribution in [1.29, 1.82) is 0 Å². The molecule has 8 heteroatoms. The number of benzene rings is 1. The molecule has 170 valence electrons. The number of morpholine rings is 1. The van der Waals surface area contributed by atoms with Gasteiger partial charge in [-0.25, -0.2) is 9.97 Å². The molecule has 33 heavy (non-hydrogen) atoms. The number of aromatic nitrogens is 3. The van der Waals surface area contributed by atoms with Gasteiger partial charge in [0.1, 0.15) is 0 Å². The molecule has 3 aromatic rings. The van der Waals surface area contributed by atoms with Gasteiger partial charge in [0.05, 0.1) is 36.0 Å². The fourth-order valence-electron chi connectivity index (χ4n) is 4.68. The summed E-state index contributed by atoms with van der Waals surface area (Å²) in [7, 11) is 0. The Kier molecular flexibility index (Phi) is 6.00. The van der Waals surface area contributed by atoms with Crippen molar-refractivity contribution in [3.05, 3.63) is 65.4 Å². The third-order valence-electron chi connectivity index (χ3n) is 6.46. The summed E-state index contributed by atoms with van der Waals surface area (Å²) in [5.74, 6) is 0.493. The molecule has 2 aliphatic rings. The fourth-order valence-corrected chi connectivity index (χ4v) is 4.68. The highest BCUT2D eigenvalue weighted by Crippen LogP contribution is 2.32. The van der Waals surface area contributed by atoms with Crippen LogP contribution in [0.1, 0.15) is 57.5 Å². The summed E-state index contributed by atoms with van der Waals surface area (Å²) in [5.41, 5.74) is 2.59. The molecule has 2 aliphatic heterocycles. The van der Waals surface area contributed by atoms with Gasteiger partial charge >= 0.3 is 0 Å². The average molecular weight is 446 g/mol. The number of carbonyl (C=O) groups excluding carboxylic acids is 2. The molecule has 8 nitrogen and oxygen atoms in total. The first-order valence-corrected chi connectivity index (χ1v) is 11.5. The van der Waals surface area contributed by atoms with E-state index >= 15 is 0 Å². The van der Waals surface area contributed by atoms with Crippen molar-refractivity contribution in [2.75, 3.05) is 32.8 Å². The van der Waals surface area contributed by atoms with Crippen LogP contribution in [0.4, 0.5) is 0 Å². The molecule has 1 atom stereocenters. The lowest BCUT2D eigenvalue weighted by molar-refractivity contribution is 0.0301. The summed E-state index contributed by atoms with van der Waals surface area (Å²) in [6.45, 7) is 4.73. The van der Waals surface area contributed by atoms with Crippen LogP contribution in [-0.2, 0) is 4.74 Å². The van der Waals surface area contributed by atoms with E-state index < -0.39 is 0 Å². The van der Waals surface area contributed by atoms with E-state index in [4.69, 9.17) is 9.72 Å². The Bertz CT molecular complexity index is 1190. The number of carbonyl (C=O) groups is 2. The summed E-state index contributed by atoms with van der Waals surface area (Å²) in [4.78, 5) is 43.9. The second kappa shape index (κ2) is 9.23. The number of nitrogens with zero attached hydrogens (tertiary/aromatic N) is 5. The molecule has 4 heterocycles. The van der Waals surface area contributed by atoms with Gasteiger partial charge in [-0.3, -0.25) is 14.6 Å². The summed E-state index contributed by atoms with van der Waals surface area (Å²) in [5, 5.41) is 0.845. The van der Waals surface area contributed by atoms with Gasteiger partial charge in [-0.15, -0.1) is 0 Å². The Hall–Kier alpha value is -3.39. The SMILES string of the molecule is Cc1nc(C2CCCCN2C(=O)c2cccc3ncccc23)ncc1C(=O)N1CCOCC1.